The number of amides is 1. The van der Waals surface area contributed by atoms with Crippen molar-refractivity contribution in [3.8, 4) is 34.2 Å². The van der Waals surface area contributed by atoms with Crippen LogP contribution in [0, 0.1) is 5.82 Å². The lowest BCUT2D eigenvalue weighted by atomic mass is 10.1. The number of phenolic OH excluding ortho intramolecular Hbond substituents is 1. The molecule has 0 fully saturated rings. The van der Waals surface area contributed by atoms with Gasteiger partial charge in [-0.25, -0.2) is 19.0 Å². The largest absolute Gasteiger partial charge is 0.507 e. The molecule has 3 aromatic carbocycles. The van der Waals surface area contributed by atoms with Crippen molar-refractivity contribution in [1.82, 2.24) is 19.7 Å². The summed E-state index contributed by atoms with van der Waals surface area (Å²) in [4.78, 5) is 20.6. The van der Waals surface area contributed by atoms with E-state index in [0.717, 1.165) is 12.3 Å². The second-order valence-corrected chi connectivity index (χ2v) is 8.33. The summed E-state index contributed by atoms with van der Waals surface area (Å²) < 4.78 is 62.7. The van der Waals surface area contributed by atoms with Crippen molar-refractivity contribution in [2.75, 3.05) is 11.1 Å². The van der Waals surface area contributed by atoms with Crippen LogP contribution in [-0.4, -0.2) is 30.8 Å². The van der Waals surface area contributed by atoms with Crippen LogP contribution in [0.25, 0.3) is 16.9 Å². The Balaban J connectivity index is 1.37. The fraction of sp³-hybridized carbons (Fsp3) is 0.0370. The summed E-state index contributed by atoms with van der Waals surface area (Å²) >= 11 is 0. The number of rotatable bonds is 6. The molecule has 0 radical (unpaired) electrons. The number of anilines is 2. The van der Waals surface area contributed by atoms with Crippen LogP contribution in [0.1, 0.15) is 16.1 Å². The predicted octanol–water partition coefficient (Wildman–Crippen LogP) is 5.82. The van der Waals surface area contributed by atoms with E-state index >= 15 is 0 Å². The van der Waals surface area contributed by atoms with Crippen LogP contribution >= 0.6 is 0 Å². The molecule has 2 heterocycles. The second-order valence-electron chi connectivity index (χ2n) is 8.33. The molecule has 4 N–H and O–H groups in total. The summed E-state index contributed by atoms with van der Waals surface area (Å²) in [6, 6.07) is 16.5. The minimum absolute atomic E-state index is 0.0123. The fourth-order valence-electron chi connectivity index (χ4n) is 3.85. The Morgan fingerprint density at radius 2 is 1.80 bits per heavy atom. The van der Waals surface area contributed by atoms with Crippen LogP contribution in [0.2, 0.25) is 0 Å². The highest BCUT2D eigenvalue weighted by atomic mass is 19.4. The van der Waals surface area contributed by atoms with Gasteiger partial charge in [-0.2, -0.15) is 18.3 Å². The molecule has 1 amide bonds. The Kier molecular flexibility index (Phi) is 6.78. The van der Waals surface area contributed by atoms with Crippen LogP contribution in [-0.2, 0) is 6.18 Å². The second kappa shape index (κ2) is 10.4. The molecule has 5 rings (SSSR count). The molecule has 0 saturated heterocycles. The molecule has 5 aromatic rings. The zero-order valence-electron chi connectivity index (χ0n) is 20.2. The van der Waals surface area contributed by atoms with Gasteiger partial charge in [-0.05, 0) is 48.5 Å². The van der Waals surface area contributed by atoms with E-state index in [9.17, 15) is 27.5 Å². The summed E-state index contributed by atoms with van der Waals surface area (Å²) in [5.74, 6) is -2.28. The Labute approximate surface area is 223 Å². The number of carbonyl (C=O) groups excluding carboxylic acids is 1. The van der Waals surface area contributed by atoms with Gasteiger partial charge in [0.15, 0.2) is 17.3 Å². The number of nitrogen functional groups attached to an aromatic ring is 1. The molecule has 0 spiro atoms. The van der Waals surface area contributed by atoms with Gasteiger partial charge in [-0.15, -0.1) is 0 Å². The van der Waals surface area contributed by atoms with Gasteiger partial charge in [0.2, 0.25) is 5.95 Å². The monoisotopic (exact) mass is 550 g/mol. The minimum atomic E-state index is -4.90. The summed E-state index contributed by atoms with van der Waals surface area (Å²) in [6.45, 7) is 0. The van der Waals surface area contributed by atoms with Crippen molar-refractivity contribution < 1.29 is 32.2 Å². The Morgan fingerprint density at radius 3 is 2.50 bits per heavy atom. The summed E-state index contributed by atoms with van der Waals surface area (Å²) in [5, 5.41) is 16.2. The number of halogens is 4. The quantitative estimate of drug-likeness (QED) is 0.227. The number of nitrogens with zero attached hydrogens (tertiary/aromatic N) is 4. The summed E-state index contributed by atoms with van der Waals surface area (Å²) in [5.41, 5.74) is 4.15. The van der Waals surface area contributed by atoms with E-state index in [1.54, 1.807) is 6.07 Å². The molecule has 0 aliphatic heterocycles. The molecular weight excluding hydrogens is 532 g/mol. The maximum Gasteiger partial charge on any atom is 0.434 e. The Morgan fingerprint density at radius 1 is 1.02 bits per heavy atom. The van der Waals surface area contributed by atoms with Crippen molar-refractivity contribution >= 4 is 17.5 Å². The number of benzene rings is 3. The lowest BCUT2D eigenvalue weighted by molar-refractivity contribution is -0.143. The van der Waals surface area contributed by atoms with Gasteiger partial charge in [0.05, 0.1) is 23.1 Å². The highest BCUT2D eigenvalue weighted by Gasteiger charge is 2.40. The van der Waals surface area contributed by atoms with Crippen molar-refractivity contribution in [2.45, 2.75) is 6.18 Å². The van der Waals surface area contributed by atoms with E-state index in [1.807, 2.05) is 0 Å². The van der Waals surface area contributed by atoms with Crippen LogP contribution in [0.3, 0.4) is 0 Å². The van der Waals surface area contributed by atoms with E-state index in [-0.39, 0.29) is 40.1 Å². The maximum absolute atomic E-state index is 14.9. The number of phenols is 1. The Bertz CT molecular complexity index is 1710. The number of nitrogens with two attached hydrogens (primary N) is 1. The van der Waals surface area contributed by atoms with E-state index < -0.39 is 29.2 Å². The van der Waals surface area contributed by atoms with Crippen LogP contribution in [0.5, 0.6) is 17.2 Å². The van der Waals surface area contributed by atoms with Crippen molar-refractivity contribution in [3.05, 3.63) is 102 Å². The van der Waals surface area contributed by atoms with Crippen LogP contribution in [0.15, 0.2) is 85.2 Å². The average Bonchev–Trinajstić information content (AvgIpc) is 3.38. The lowest BCUT2D eigenvalue weighted by Gasteiger charge is -2.13. The standard InChI is InChI=1S/C27H18F4N6O3/c28-20-12-15(35-25(39)19-14-34-37(24(19)27(29,30)31)16-4-2-1-3-5-16)6-9-23(20)40-17-7-8-22(38)18(13-17)21-10-11-33-26(32)36-21/h1-14,38H,(H,35,39)(H2,32,33,36). The lowest BCUT2D eigenvalue weighted by Crippen LogP contribution is -2.20. The summed E-state index contributed by atoms with van der Waals surface area (Å²) in [6.07, 6.45) is -2.70. The Hall–Kier alpha value is -5.46. The summed E-state index contributed by atoms with van der Waals surface area (Å²) in [7, 11) is 0. The van der Waals surface area contributed by atoms with Gasteiger partial charge in [-0.3, -0.25) is 4.79 Å². The zero-order chi connectivity index (χ0) is 28.4. The molecule has 0 atom stereocenters. The molecule has 2 aromatic heterocycles. The number of carbonyl (C=O) groups is 1. The zero-order valence-corrected chi connectivity index (χ0v) is 20.2. The molecule has 40 heavy (non-hydrogen) atoms. The van der Waals surface area contributed by atoms with Crippen LogP contribution in [0.4, 0.5) is 29.2 Å². The first-order chi connectivity index (χ1) is 19.1. The fourth-order valence-corrected chi connectivity index (χ4v) is 3.85. The third-order valence-corrected chi connectivity index (χ3v) is 5.62. The van der Waals surface area contributed by atoms with Gasteiger partial charge in [-0.1, -0.05) is 18.2 Å². The number of hydrogen-bond acceptors (Lipinski definition) is 7. The highest BCUT2D eigenvalue weighted by Crippen LogP contribution is 2.36. The van der Waals surface area contributed by atoms with Gasteiger partial charge < -0.3 is 20.9 Å². The minimum Gasteiger partial charge on any atom is -0.507 e. The smallest absolute Gasteiger partial charge is 0.434 e. The first-order valence-electron chi connectivity index (χ1n) is 11.5. The number of ether oxygens (including phenoxy) is 1. The van der Waals surface area contributed by atoms with Crippen LogP contribution < -0.4 is 15.8 Å². The topological polar surface area (TPSA) is 128 Å². The number of nitrogens with one attached hydrogen (secondary N) is 1. The SMILES string of the molecule is Nc1nccc(-c2cc(Oc3ccc(NC(=O)c4cnn(-c5ccccc5)c4C(F)(F)F)cc3F)ccc2O)n1. The molecular formula is C27H18F4N6O3. The number of aromatic hydroxyl groups is 1. The first-order valence-corrected chi connectivity index (χ1v) is 11.5. The normalized spacial score (nSPS) is 11.3. The number of hydrogen-bond donors (Lipinski definition) is 3. The molecule has 13 heteroatoms. The van der Waals surface area contributed by atoms with E-state index in [1.165, 1.54) is 66.9 Å². The molecule has 0 bridgehead atoms. The van der Waals surface area contributed by atoms with Crippen molar-refractivity contribution in [3.63, 3.8) is 0 Å². The highest BCUT2D eigenvalue weighted by molar-refractivity contribution is 6.05. The number of para-hydroxylation sites is 1. The third-order valence-electron chi connectivity index (χ3n) is 5.62. The molecule has 0 aliphatic rings. The van der Waals surface area contributed by atoms with E-state index in [0.29, 0.717) is 10.4 Å². The molecule has 202 valence electrons. The van der Waals surface area contributed by atoms with E-state index in [2.05, 4.69) is 20.4 Å². The first kappa shape index (κ1) is 26.2. The molecule has 0 aliphatic carbocycles. The van der Waals surface area contributed by atoms with Gasteiger partial charge in [0.25, 0.3) is 5.91 Å². The maximum atomic E-state index is 14.9. The van der Waals surface area contributed by atoms with Crippen molar-refractivity contribution in [2.24, 2.45) is 0 Å². The van der Waals surface area contributed by atoms with Gasteiger partial charge in [0.1, 0.15) is 11.5 Å². The van der Waals surface area contributed by atoms with Gasteiger partial charge in [0, 0.05) is 23.5 Å². The van der Waals surface area contributed by atoms with E-state index in [4.69, 9.17) is 10.5 Å². The third kappa shape index (κ3) is 5.38. The van der Waals surface area contributed by atoms with Crippen molar-refractivity contribution in [1.29, 1.82) is 0 Å². The molecule has 0 saturated carbocycles. The number of aromatic nitrogens is 4. The number of alkyl halides is 3. The predicted molar refractivity (Wildman–Crippen MR) is 137 cm³/mol. The van der Waals surface area contributed by atoms with Gasteiger partial charge >= 0.3 is 6.18 Å². The molecule has 9 nitrogen and oxygen atoms in total. The average molecular weight is 550 g/mol. The molecule has 0 unspecified atom stereocenters.